The summed E-state index contributed by atoms with van der Waals surface area (Å²) in [6.07, 6.45) is -0.660. The topological polar surface area (TPSA) is 73.9 Å². The first-order chi connectivity index (χ1) is 14.3. The van der Waals surface area contributed by atoms with Crippen LogP contribution in [0.1, 0.15) is 32.1 Å². The van der Waals surface area contributed by atoms with Crippen molar-refractivity contribution in [3.63, 3.8) is 0 Å². The van der Waals surface area contributed by atoms with Gasteiger partial charge in [-0.3, -0.25) is 4.57 Å². The fourth-order valence-electron chi connectivity index (χ4n) is 3.69. The summed E-state index contributed by atoms with van der Waals surface area (Å²) in [5, 5.41) is 6.50. The van der Waals surface area contributed by atoms with E-state index in [0.717, 1.165) is 21.5 Å². The summed E-state index contributed by atoms with van der Waals surface area (Å²) in [6.45, 7) is 6.44. The van der Waals surface area contributed by atoms with Gasteiger partial charge < -0.3 is 19.1 Å². The number of hydrogen-bond donors (Lipinski definition) is 1. The van der Waals surface area contributed by atoms with Crippen LogP contribution >= 0.6 is 7.60 Å². The van der Waals surface area contributed by atoms with E-state index >= 15 is 0 Å². The van der Waals surface area contributed by atoms with Crippen molar-refractivity contribution in [3.8, 4) is 0 Å². The molecule has 30 heavy (non-hydrogen) atoms. The molecule has 6 nitrogen and oxygen atoms in total. The Balaban J connectivity index is 1.93. The smallest absolute Gasteiger partial charge is 0.408 e. The van der Waals surface area contributed by atoms with E-state index in [9.17, 15) is 9.36 Å². The van der Waals surface area contributed by atoms with Crippen molar-refractivity contribution < 1.29 is 23.1 Å². The molecule has 0 aliphatic carbocycles. The zero-order chi connectivity index (χ0) is 21.4. The summed E-state index contributed by atoms with van der Waals surface area (Å²) in [7, 11) is -3.72. The normalized spacial score (nSPS) is 18.8. The van der Waals surface area contributed by atoms with Gasteiger partial charge in [-0.05, 0) is 34.5 Å². The van der Waals surface area contributed by atoms with Crippen molar-refractivity contribution in [2.75, 3.05) is 19.8 Å². The maximum absolute atomic E-state index is 13.9. The highest BCUT2D eigenvalue weighted by Crippen LogP contribution is 2.64. The molecule has 1 heterocycles. The molecule has 1 aliphatic heterocycles. The SMILES string of the molecule is CCOC(=O)NC(c1c2ccccc2cc2ccccc12)P1(=O)OCC(C)(C)CO1. The second-order valence-electron chi connectivity index (χ2n) is 8.25. The van der Waals surface area contributed by atoms with E-state index in [-0.39, 0.29) is 25.2 Å². The fraction of sp³-hybridized carbons (Fsp3) is 0.348. The van der Waals surface area contributed by atoms with Gasteiger partial charge in [0.25, 0.3) is 0 Å². The van der Waals surface area contributed by atoms with Crippen molar-refractivity contribution in [1.82, 2.24) is 5.32 Å². The summed E-state index contributed by atoms with van der Waals surface area (Å²) in [5.74, 6) is -0.997. The molecule has 3 aromatic rings. The van der Waals surface area contributed by atoms with E-state index in [1.54, 1.807) is 6.92 Å². The van der Waals surface area contributed by atoms with Crippen molar-refractivity contribution in [2.24, 2.45) is 5.41 Å². The Morgan fingerprint density at radius 3 is 2.13 bits per heavy atom. The molecule has 0 spiro atoms. The van der Waals surface area contributed by atoms with Crippen LogP contribution in [0.5, 0.6) is 0 Å². The molecule has 0 saturated carbocycles. The molecule has 158 valence electrons. The average molecular weight is 427 g/mol. The van der Waals surface area contributed by atoms with Gasteiger partial charge >= 0.3 is 13.7 Å². The van der Waals surface area contributed by atoms with Gasteiger partial charge in [-0.15, -0.1) is 0 Å². The van der Waals surface area contributed by atoms with E-state index < -0.39 is 19.5 Å². The maximum Gasteiger partial charge on any atom is 0.408 e. The maximum atomic E-state index is 13.9. The van der Waals surface area contributed by atoms with E-state index in [1.807, 2.05) is 62.4 Å². The number of alkyl carbamates (subject to hydrolysis) is 1. The number of carbonyl (C=O) groups is 1. The third kappa shape index (κ3) is 3.95. The highest BCUT2D eigenvalue weighted by atomic mass is 31.2. The van der Waals surface area contributed by atoms with Crippen LogP contribution < -0.4 is 5.32 Å². The Bertz CT molecular complexity index is 1070. The zero-order valence-corrected chi connectivity index (χ0v) is 18.3. The first kappa shape index (κ1) is 20.9. The van der Waals surface area contributed by atoms with Gasteiger partial charge in [0.05, 0.1) is 19.8 Å². The van der Waals surface area contributed by atoms with Gasteiger partial charge in [0.1, 0.15) is 0 Å². The molecule has 0 radical (unpaired) electrons. The number of nitrogens with one attached hydrogen (secondary N) is 1. The van der Waals surface area contributed by atoms with E-state index in [4.69, 9.17) is 13.8 Å². The monoisotopic (exact) mass is 427 g/mol. The Morgan fingerprint density at radius 1 is 1.07 bits per heavy atom. The molecular formula is C23H26NO5P. The molecular weight excluding hydrogens is 401 g/mol. The number of amides is 1. The lowest BCUT2D eigenvalue weighted by molar-refractivity contribution is 0.0362. The largest absolute Gasteiger partial charge is 0.450 e. The van der Waals surface area contributed by atoms with Crippen LogP contribution in [0.3, 0.4) is 0 Å². The van der Waals surface area contributed by atoms with E-state index in [2.05, 4.69) is 11.4 Å². The van der Waals surface area contributed by atoms with Gasteiger partial charge in [0, 0.05) is 11.0 Å². The Hall–Kier alpha value is -2.40. The Kier molecular flexibility index (Phi) is 5.58. The van der Waals surface area contributed by atoms with Gasteiger partial charge in [-0.1, -0.05) is 62.4 Å². The molecule has 3 aromatic carbocycles. The molecule has 1 atom stereocenters. The minimum absolute atomic E-state index is 0.202. The zero-order valence-electron chi connectivity index (χ0n) is 17.4. The third-order valence-electron chi connectivity index (χ3n) is 5.20. The molecule has 1 unspecified atom stereocenters. The van der Waals surface area contributed by atoms with Crippen LogP contribution in [0, 0.1) is 5.41 Å². The second-order valence-corrected chi connectivity index (χ2v) is 10.4. The first-order valence-electron chi connectivity index (χ1n) is 10.1. The lowest BCUT2D eigenvalue weighted by Crippen LogP contribution is -2.36. The molecule has 0 bridgehead atoms. The third-order valence-corrected chi connectivity index (χ3v) is 7.20. The Morgan fingerprint density at radius 2 is 1.60 bits per heavy atom. The van der Waals surface area contributed by atoms with Crippen LogP contribution in [-0.4, -0.2) is 25.9 Å². The molecule has 4 rings (SSSR count). The Labute approximate surface area is 176 Å². The highest BCUT2D eigenvalue weighted by Gasteiger charge is 2.46. The van der Waals surface area contributed by atoms with Gasteiger partial charge in [0.2, 0.25) is 0 Å². The molecule has 7 heteroatoms. The number of ether oxygens (including phenoxy) is 1. The second kappa shape index (κ2) is 8.03. The van der Waals surface area contributed by atoms with Crippen molar-refractivity contribution in [1.29, 1.82) is 0 Å². The lowest BCUT2D eigenvalue weighted by atomic mass is 9.96. The fourth-order valence-corrected chi connectivity index (χ4v) is 5.98. The predicted molar refractivity (Wildman–Crippen MR) is 118 cm³/mol. The molecule has 1 saturated heterocycles. The molecule has 1 amide bonds. The summed E-state index contributed by atoms with van der Waals surface area (Å²) in [5.41, 5.74) is 0.447. The standard InChI is InChI=1S/C23H26NO5P/c1-4-27-22(25)24-21(30(26)28-14-23(2,3)15-29-30)20-18-11-7-5-9-16(18)13-17-10-6-8-12-19(17)20/h5-13,21H,4,14-15H2,1-3H3,(H,24,25). The van der Waals surface area contributed by atoms with Crippen LogP contribution in [0.25, 0.3) is 21.5 Å². The van der Waals surface area contributed by atoms with Gasteiger partial charge in [0.15, 0.2) is 5.78 Å². The predicted octanol–water partition coefficient (Wildman–Crippen LogP) is 6.00. The number of hydrogen-bond acceptors (Lipinski definition) is 5. The van der Waals surface area contributed by atoms with E-state index in [0.29, 0.717) is 5.56 Å². The molecule has 1 fully saturated rings. The minimum atomic E-state index is -3.72. The van der Waals surface area contributed by atoms with Crippen LogP contribution in [0.2, 0.25) is 0 Å². The minimum Gasteiger partial charge on any atom is -0.450 e. The number of rotatable bonds is 4. The summed E-state index contributed by atoms with van der Waals surface area (Å²) in [4.78, 5) is 12.4. The summed E-state index contributed by atoms with van der Waals surface area (Å²) < 4.78 is 30.7. The van der Waals surface area contributed by atoms with Crippen LogP contribution in [-0.2, 0) is 18.3 Å². The quantitative estimate of drug-likeness (QED) is 0.408. The van der Waals surface area contributed by atoms with Crippen molar-refractivity contribution in [3.05, 3.63) is 60.2 Å². The first-order valence-corrected chi connectivity index (χ1v) is 11.7. The number of fused-ring (bicyclic) bond motifs is 2. The van der Waals surface area contributed by atoms with Crippen molar-refractivity contribution >= 4 is 35.2 Å². The summed E-state index contributed by atoms with van der Waals surface area (Å²) in [6, 6.07) is 17.7. The average Bonchev–Trinajstić information content (AvgIpc) is 2.73. The lowest BCUT2D eigenvalue weighted by Gasteiger charge is -2.38. The number of benzene rings is 3. The van der Waals surface area contributed by atoms with Crippen LogP contribution in [0.4, 0.5) is 4.79 Å². The van der Waals surface area contributed by atoms with Crippen LogP contribution in [0.15, 0.2) is 54.6 Å². The number of carbonyl (C=O) groups excluding carboxylic acids is 1. The van der Waals surface area contributed by atoms with Gasteiger partial charge in [-0.2, -0.15) is 0 Å². The molecule has 1 N–H and O–H groups in total. The summed E-state index contributed by atoms with van der Waals surface area (Å²) >= 11 is 0. The molecule has 0 aromatic heterocycles. The van der Waals surface area contributed by atoms with Gasteiger partial charge in [-0.25, -0.2) is 4.79 Å². The van der Waals surface area contributed by atoms with Crippen molar-refractivity contribution in [2.45, 2.75) is 26.6 Å². The highest BCUT2D eigenvalue weighted by molar-refractivity contribution is 7.54. The van der Waals surface area contributed by atoms with E-state index in [1.165, 1.54) is 0 Å². The molecule has 1 aliphatic rings.